The van der Waals surface area contributed by atoms with Crippen LogP contribution in [0.3, 0.4) is 0 Å². The number of halogens is 1. The van der Waals surface area contributed by atoms with Crippen molar-refractivity contribution in [1.82, 2.24) is 0 Å². The third-order valence-corrected chi connectivity index (χ3v) is 3.32. The van der Waals surface area contributed by atoms with Gasteiger partial charge in [-0.1, -0.05) is 41.6 Å². The maximum atomic E-state index is 10.1. The van der Waals surface area contributed by atoms with Crippen LogP contribution in [0.1, 0.15) is 71.1 Å². The first-order chi connectivity index (χ1) is 14.0. The van der Waals surface area contributed by atoms with Crippen LogP contribution in [0.5, 0.6) is 0 Å². The van der Waals surface area contributed by atoms with E-state index in [1.165, 1.54) is 6.92 Å². The third-order valence-electron chi connectivity index (χ3n) is 2.76. The first-order valence-corrected chi connectivity index (χ1v) is 10.1. The van der Waals surface area contributed by atoms with E-state index in [0.717, 1.165) is 43.9 Å². The summed E-state index contributed by atoms with van der Waals surface area (Å²) >= 11 is 3.31. The fourth-order valence-corrected chi connectivity index (χ4v) is 1.99. The molecule has 0 spiro atoms. The average molecular weight is 612 g/mol. The Morgan fingerprint density at radius 3 is 1.55 bits per heavy atom. The van der Waals surface area contributed by atoms with Crippen LogP contribution in [0.15, 0.2) is 0 Å². The van der Waals surface area contributed by atoms with Crippen LogP contribution in [0, 0.1) is 31.6 Å². The molecule has 15 heteroatoms. The molecule has 0 atom stereocenters. The van der Waals surface area contributed by atoms with Crippen LogP contribution in [0.4, 0.5) is 0 Å². The number of alkyl halides is 1. The maximum absolute atomic E-state index is 10.1. The van der Waals surface area contributed by atoms with Gasteiger partial charge in [-0.2, -0.15) is 5.26 Å². The average Bonchev–Trinajstić information content (AvgIpc) is 2.61. The Kier molecular flexibility index (Phi) is 45.2. The van der Waals surface area contributed by atoms with Crippen molar-refractivity contribution in [2.75, 3.05) is 11.9 Å². The third kappa shape index (κ3) is 84.0. The normalized spacial score (nSPS) is 8.16. The van der Waals surface area contributed by atoms with E-state index in [1.54, 1.807) is 6.07 Å². The van der Waals surface area contributed by atoms with E-state index in [9.17, 15) is 19.7 Å². The van der Waals surface area contributed by atoms with Crippen LogP contribution in [0.2, 0.25) is 0 Å². The van der Waals surface area contributed by atoms with E-state index < -0.39 is 22.1 Å². The Morgan fingerprint density at radius 1 is 0.935 bits per heavy atom. The second-order valence-electron chi connectivity index (χ2n) is 5.32. The minimum atomic E-state index is -1.50. The molecule has 0 saturated carbocycles. The summed E-state index contributed by atoms with van der Waals surface area (Å²) in [7, 11) is 0. The van der Waals surface area contributed by atoms with Crippen LogP contribution < -0.4 is 0 Å². The molecule has 0 amide bonds. The van der Waals surface area contributed by atoms with E-state index in [4.69, 9.17) is 30.8 Å². The van der Waals surface area contributed by atoms with Crippen molar-refractivity contribution in [3.63, 3.8) is 0 Å². The molecule has 0 saturated heterocycles. The number of carboxylic acids is 2. The fraction of sp³-hybridized carbons (Fsp3) is 0.812. The molecular formula is C16H30AgBrN3O10. The summed E-state index contributed by atoms with van der Waals surface area (Å²) in [6, 6.07) is 1.75. The second kappa shape index (κ2) is 35.5. The van der Waals surface area contributed by atoms with Gasteiger partial charge in [-0.25, -0.2) is 0 Å². The number of carbonyl (C=O) groups is 2. The fourth-order valence-electron chi connectivity index (χ4n) is 1.60. The summed E-state index contributed by atoms with van der Waals surface area (Å²) in [6.45, 7) is 1.53. The molecule has 0 rings (SSSR count). The van der Waals surface area contributed by atoms with Crippen molar-refractivity contribution < 1.29 is 62.4 Å². The molecule has 0 aliphatic heterocycles. The molecule has 31 heavy (non-hydrogen) atoms. The maximum Gasteiger partial charge on any atom is 0.303 e. The summed E-state index contributed by atoms with van der Waals surface area (Å²) in [5.74, 6) is -1.49. The van der Waals surface area contributed by atoms with Crippen molar-refractivity contribution in [3.05, 3.63) is 20.2 Å². The number of carboxylic acid groups (broad SMARTS) is 2. The van der Waals surface area contributed by atoms with Gasteiger partial charge in [0, 0.05) is 47.5 Å². The summed E-state index contributed by atoms with van der Waals surface area (Å²) in [6.07, 6.45) is 7.39. The van der Waals surface area contributed by atoms with Crippen LogP contribution in [0.25, 0.3) is 0 Å². The van der Waals surface area contributed by atoms with Gasteiger partial charge >= 0.3 is 11.9 Å². The van der Waals surface area contributed by atoms with Gasteiger partial charge in [-0.3, -0.25) is 9.59 Å². The van der Waals surface area contributed by atoms with Gasteiger partial charge in [-0.05, 0) is 25.7 Å². The van der Waals surface area contributed by atoms with Crippen molar-refractivity contribution in [1.29, 1.82) is 5.26 Å². The zero-order valence-electron chi connectivity index (χ0n) is 17.2. The molecule has 13 nitrogen and oxygen atoms in total. The van der Waals surface area contributed by atoms with Gasteiger partial charge in [0.2, 0.25) is 0 Å². The summed E-state index contributed by atoms with van der Waals surface area (Å²) < 4.78 is 0. The van der Waals surface area contributed by atoms with Crippen LogP contribution in [-0.4, -0.2) is 49.5 Å². The van der Waals surface area contributed by atoms with Crippen molar-refractivity contribution in [2.45, 2.75) is 71.1 Å². The standard InChI is InChI=1S/C7H13BrO2.C7H13NO5.C2H3N.Ag.HNO3/c8-6-4-2-1-3-5-7(9)10;9-7(10)5-3-1-2-4-6-13-8(11)12;1-2-3;;2-1(3)4/h1-6H2,(H,9,10);1-6H2,(H,9,10);1H3;;(H,2,3,4). The predicted octanol–water partition coefficient (Wildman–Crippen LogP) is 3.83. The molecule has 0 aromatic rings. The number of nitrogens with zero attached hydrogens (tertiary/aromatic N) is 3. The number of hydrogen-bond donors (Lipinski definition) is 3. The minimum Gasteiger partial charge on any atom is -0.481 e. The van der Waals surface area contributed by atoms with Gasteiger partial charge in [0.15, 0.2) is 0 Å². The van der Waals surface area contributed by atoms with Crippen molar-refractivity contribution in [3.8, 4) is 6.07 Å². The minimum absolute atomic E-state index is 0. The monoisotopic (exact) mass is 610 g/mol. The molecule has 0 aliphatic carbocycles. The van der Waals surface area contributed by atoms with E-state index in [0.29, 0.717) is 19.3 Å². The Labute approximate surface area is 204 Å². The molecular weight excluding hydrogens is 582 g/mol. The summed E-state index contributed by atoms with van der Waals surface area (Å²) in [5.41, 5.74) is 0. The molecule has 0 heterocycles. The molecule has 0 aliphatic rings. The molecule has 0 aromatic heterocycles. The smallest absolute Gasteiger partial charge is 0.303 e. The van der Waals surface area contributed by atoms with Crippen molar-refractivity contribution >= 4 is 27.9 Å². The van der Waals surface area contributed by atoms with Gasteiger partial charge in [0.25, 0.3) is 10.2 Å². The number of nitriles is 1. The van der Waals surface area contributed by atoms with Gasteiger partial charge in [0.1, 0.15) is 0 Å². The zero-order chi connectivity index (χ0) is 24.2. The van der Waals surface area contributed by atoms with Gasteiger partial charge in [-0.15, -0.1) is 20.2 Å². The van der Waals surface area contributed by atoms with Crippen LogP contribution in [-0.2, 0) is 36.8 Å². The topological polar surface area (TPSA) is 214 Å². The second-order valence-corrected chi connectivity index (χ2v) is 6.12. The Balaban J connectivity index is -0.000000111. The Hall–Kier alpha value is -1.95. The molecule has 3 N–H and O–H groups in total. The number of rotatable bonds is 14. The molecule has 0 aromatic carbocycles. The van der Waals surface area contributed by atoms with E-state index >= 15 is 0 Å². The molecule has 0 unspecified atom stereocenters. The number of hydrogen-bond acceptors (Lipinski definition) is 8. The Bertz CT molecular complexity index is 471. The Morgan fingerprint density at radius 2 is 1.26 bits per heavy atom. The van der Waals surface area contributed by atoms with Gasteiger partial charge in [0.05, 0.1) is 12.7 Å². The van der Waals surface area contributed by atoms with Crippen molar-refractivity contribution in [2.24, 2.45) is 0 Å². The largest absolute Gasteiger partial charge is 0.481 e. The SMILES string of the molecule is CC#N.O=C(O)CCCCCCBr.O=C(O)CCCCCCO[N+](=O)[O-].O=[N+]([O-])O.[Ag]. The molecule has 0 bridgehead atoms. The first-order valence-electron chi connectivity index (χ1n) is 8.95. The van der Waals surface area contributed by atoms with E-state index in [-0.39, 0.29) is 35.4 Å². The zero-order valence-corrected chi connectivity index (χ0v) is 20.3. The number of unbranched alkanes of at least 4 members (excludes halogenated alkanes) is 6. The molecule has 1 radical (unpaired) electrons. The van der Waals surface area contributed by atoms with E-state index in [2.05, 4.69) is 20.8 Å². The van der Waals surface area contributed by atoms with E-state index in [1.807, 2.05) is 0 Å². The predicted molar refractivity (Wildman–Crippen MR) is 108 cm³/mol. The first kappa shape index (κ1) is 39.5. The van der Waals surface area contributed by atoms with Crippen LogP contribution >= 0.6 is 15.9 Å². The number of aliphatic carboxylic acids is 2. The van der Waals surface area contributed by atoms with Gasteiger partial charge < -0.3 is 20.3 Å². The summed E-state index contributed by atoms with van der Waals surface area (Å²) in [5, 5.41) is 47.4. The molecule has 187 valence electrons. The summed E-state index contributed by atoms with van der Waals surface area (Å²) in [4.78, 5) is 42.2. The quantitative estimate of drug-likeness (QED) is 0.0843. The molecule has 0 fully saturated rings.